The fraction of sp³-hybridized carbons (Fsp3) is 0.714. The minimum Gasteiger partial charge on any atom is -0.481 e. The van der Waals surface area contributed by atoms with Gasteiger partial charge in [0.05, 0.1) is 0 Å². The summed E-state index contributed by atoms with van der Waals surface area (Å²) in [7, 11) is 2.29. The van der Waals surface area contributed by atoms with Crippen LogP contribution >= 0.6 is 0 Å². The number of carbonyl (C=O) groups is 2. The zero-order valence-electron chi connectivity index (χ0n) is 25.4. The quantitative estimate of drug-likeness (QED) is 0.119. The minimum absolute atomic E-state index is 0.128. The molecule has 2 bridgehead atoms. The van der Waals surface area contributed by atoms with Gasteiger partial charge in [0.2, 0.25) is 0 Å². The predicted molar refractivity (Wildman–Crippen MR) is 164 cm³/mol. The first kappa shape index (κ1) is 33.9. The van der Waals surface area contributed by atoms with E-state index in [1.54, 1.807) is 24.3 Å². The molecule has 3 rings (SSSR count). The topological polar surface area (TPSA) is 66.8 Å². The molecule has 3 unspecified atom stereocenters. The standard InChI is InChI=1S/C27H40O4.C8H15N/c1-2-3-4-5-6-7-8-9-10-11-12-13-14-15-19-22-26(28)31-23-25(27(29)30)24-20-17-16-18-21-24;1-9-7-3-2-4-8(9)6-5-7/h16-18,20-21,25H,2-11,14-15,19,22-23H2,1H3,(H,29,30);7-8H,2-6H2,1H3. The van der Waals surface area contributed by atoms with Crippen molar-refractivity contribution >= 4 is 11.9 Å². The first-order valence-electron chi connectivity index (χ1n) is 16.1. The molecular weight excluding hydrogens is 498 g/mol. The average molecular weight is 554 g/mol. The summed E-state index contributed by atoms with van der Waals surface area (Å²) in [6.07, 6.45) is 23.0. The summed E-state index contributed by atoms with van der Waals surface area (Å²) in [6.45, 7) is 2.12. The van der Waals surface area contributed by atoms with E-state index in [-0.39, 0.29) is 12.6 Å². The van der Waals surface area contributed by atoms with Crippen molar-refractivity contribution in [3.05, 3.63) is 35.9 Å². The second kappa shape index (κ2) is 21.4. The number of carbonyl (C=O) groups excluding carboxylic acids is 1. The van der Waals surface area contributed by atoms with Gasteiger partial charge in [-0.2, -0.15) is 0 Å². The molecule has 5 nitrogen and oxygen atoms in total. The van der Waals surface area contributed by atoms with E-state index in [0.29, 0.717) is 18.4 Å². The van der Waals surface area contributed by atoms with Gasteiger partial charge in [0.15, 0.2) is 0 Å². The number of hydrogen-bond donors (Lipinski definition) is 1. The maximum Gasteiger partial charge on any atom is 0.314 e. The first-order valence-corrected chi connectivity index (χ1v) is 16.1. The fourth-order valence-electron chi connectivity index (χ4n) is 5.80. The molecule has 0 aromatic heterocycles. The second-order valence-electron chi connectivity index (χ2n) is 11.6. The van der Waals surface area contributed by atoms with Crippen LogP contribution in [-0.4, -0.2) is 47.7 Å². The molecule has 2 fully saturated rings. The van der Waals surface area contributed by atoms with Gasteiger partial charge in [0.25, 0.3) is 0 Å². The Balaban J connectivity index is 0.000000515. The van der Waals surface area contributed by atoms with Crippen molar-refractivity contribution in [1.29, 1.82) is 0 Å². The number of ether oxygens (including phenoxy) is 1. The summed E-state index contributed by atoms with van der Waals surface area (Å²) in [4.78, 5) is 25.9. The number of esters is 1. The molecule has 2 heterocycles. The maximum absolute atomic E-state index is 11.9. The van der Waals surface area contributed by atoms with E-state index >= 15 is 0 Å². The lowest BCUT2D eigenvalue weighted by Crippen LogP contribution is -2.35. The number of carboxylic acids is 1. The van der Waals surface area contributed by atoms with Crippen molar-refractivity contribution in [2.75, 3.05) is 13.7 Å². The minimum atomic E-state index is -0.985. The smallest absolute Gasteiger partial charge is 0.314 e. The molecule has 2 aliphatic heterocycles. The Bertz CT molecular complexity index is 858. The average Bonchev–Trinajstić information content (AvgIpc) is 3.13. The van der Waals surface area contributed by atoms with Crippen LogP contribution in [0.2, 0.25) is 0 Å². The Hall–Kier alpha value is -2.32. The van der Waals surface area contributed by atoms with Gasteiger partial charge in [0, 0.05) is 31.3 Å². The maximum atomic E-state index is 11.9. The summed E-state index contributed by atoms with van der Waals surface area (Å²) in [5.74, 6) is 4.27. The SMILES string of the molecule is CCCCCCCCCCCC#CCCCCC(=O)OCC(C(=O)O)c1ccccc1.CN1C2CCCC1CC2. The van der Waals surface area contributed by atoms with Crippen molar-refractivity contribution < 1.29 is 19.4 Å². The summed E-state index contributed by atoms with van der Waals surface area (Å²) < 4.78 is 5.18. The number of fused-ring (bicyclic) bond motifs is 2. The van der Waals surface area contributed by atoms with Crippen LogP contribution in [-0.2, 0) is 14.3 Å². The molecule has 3 atom stereocenters. The molecule has 0 aliphatic carbocycles. The van der Waals surface area contributed by atoms with Crippen molar-refractivity contribution in [3.63, 3.8) is 0 Å². The Labute approximate surface area is 244 Å². The lowest BCUT2D eigenvalue weighted by molar-refractivity contribution is -0.148. The molecule has 5 heteroatoms. The number of benzene rings is 1. The molecule has 0 radical (unpaired) electrons. The molecule has 2 aliphatic rings. The van der Waals surface area contributed by atoms with E-state index in [1.807, 2.05) is 6.07 Å². The van der Waals surface area contributed by atoms with E-state index in [2.05, 4.69) is 30.7 Å². The van der Waals surface area contributed by atoms with Crippen LogP contribution in [0.1, 0.15) is 140 Å². The van der Waals surface area contributed by atoms with E-state index in [1.165, 1.54) is 89.9 Å². The third-order valence-corrected chi connectivity index (χ3v) is 8.43. The monoisotopic (exact) mass is 553 g/mol. The molecule has 40 heavy (non-hydrogen) atoms. The largest absolute Gasteiger partial charge is 0.481 e. The summed E-state index contributed by atoms with van der Waals surface area (Å²) in [5, 5.41) is 9.35. The van der Waals surface area contributed by atoms with Crippen LogP contribution in [0.3, 0.4) is 0 Å². The van der Waals surface area contributed by atoms with Crippen LogP contribution in [0.4, 0.5) is 0 Å². The van der Waals surface area contributed by atoms with Crippen molar-refractivity contribution in [2.24, 2.45) is 0 Å². The third kappa shape index (κ3) is 14.4. The zero-order valence-corrected chi connectivity index (χ0v) is 25.4. The highest BCUT2D eigenvalue weighted by Gasteiger charge is 2.33. The van der Waals surface area contributed by atoms with Gasteiger partial charge in [-0.15, -0.1) is 11.8 Å². The molecule has 0 amide bonds. The predicted octanol–water partition coefficient (Wildman–Crippen LogP) is 8.52. The van der Waals surface area contributed by atoms with Crippen molar-refractivity contribution in [3.8, 4) is 11.8 Å². The molecule has 224 valence electrons. The van der Waals surface area contributed by atoms with E-state index in [4.69, 9.17) is 4.74 Å². The van der Waals surface area contributed by atoms with E-state index in [9.17, 15) is 14.7 Å². The van der Waals surface area contributed by atoms with Crippen LogP contribution in [0.5, 0.6) is 0 Å². The molecule has 2 saturated heterocycles. The highest BCUT2D eigenvalue weighted by atomic mass is 16.5. The summed E-state index contributed by atoms with van der Waals surface area (Å²) >= 11 is 0. The van der Waals surface area contributed by atoms with Crippen molar-refractivity contribution in [1.82, 2.24) is 4.90 Å². The van der Waals surface area contributed by atoms with Gasteiger partial charge < -0.3 is 14.7 Å². The van der Waals surface area contributed by atoms with Crippen LogP contribution in [0.15, 0.2) is 30.3 Å². The number of hydrogen-bond acceptors (Lipinski definition) is 4. The molecule has 0 spiro atoms. The zero-order chi connectivity index (χ0) is 28.8. The Morgan fingerprint density at radius 1 is 0.850 bits per heavy atom. The van der Waals surface area contributed by atoms with Gasteiger partial charge in [0.1, 0.15) is 12.5 Å². The normalized spacial score (nSPS) is 18.6. The number of rotatable bonds is 17. The Morgan fingerprint density at radius 3 is 1.95 bits per heavy atom. The third-order valence-electron chi connectivity index (χ3n) is 8.43. The van der Waals surface area contributed by atoms with Gasteiger partial charge in [-0.05, 0) is 57.6 Å². The van der Waals surface area contributed by atoms with Crippen LogP contribution in [0.25, 0.3) is 0 Å². The van der Waals surface area contributed by atoms with Gasteiger partial charge in [-0.1, -0.05) is 95.0 Å². The molecular formula is C35H55NO4. The van der Waals surface area contributed by atoms with Crippen molar-refractivity contribution in [2.45, 2.75) is 147 Å². The summed E-state index contributed by atoms with van der Waals surface area (Å²) in [5.41, 5.74) is 0.644. The number of aliphatic carboxylic acids is 1. The highest BCUT2D eigenvalue weighted by molar-refractivity contribution is 5.77. The fourth-order valence-corrected chi connectivity index (χ4v) is 5.80. The summed E-state index contributed by atoms with van der Waals surface area (Å²) in [6, 6.07) is 10.8. The molecule has 1 N–H and O–H groups in total. The van der Waals surface area contributed by atoms with Gasteiger partial charge in [-0.25, -0.2) is 0 Å². The lowest BCUT2D eigenvalue weighted by Gasteiger charge is -2.30. The second-order valence-corrected chi connectivity index (χ2v) is 11.6. The molecule has 0 saturated carbocycles. The molecule has 1 aromatic rings. The number of unbranched alkanes of at least 4 members (excludes halogenated alkanes) is 11. The highest BCUT2D eigenvalue weighted by Crippen LogP contribution is 2.33. The van der Waals surface area contributed by atoms with Gasteiger partial charge in [-0.3, -0.25) is 9.59 Å². The first-order chi connectivity index (χ1) is 19.5. The lowest BCUT2D eigenvalue weighted by atomic mass is 10.0. The Kier molecular flexibility index (Phi) is 18.2. The van der Waals surface area contributed by atoms with Crippen LogP contribution < -0.4 is 0 Å². The number of nitrogens with zero attached hydrogens (tertiary/aromatic N) is 1. The van der Waals surface area contributed by atoms with E-state index < -0.39 is 11.9 Å². The number of piperidine rings is 1. The van der Waals surface area contributed by atoms with Gasteiger partial charge >= 0.3 is 11.9 Å². The Morgan fingerprint density at radius 2 is 1.40 bits per heavy atom. The number of carboxylic acid groups (broad SMARTS) is 1. The molecule has 1 aromatic carbocycles. The van der Waals surface area contributed by atoms with E-state index in [0.717, 1.165) is 31.3 Å². The van der Waals surface area contributed by atoms with Crippen LogP contribution in [0, 0.1) is 11.8 Å².